The van der Waals surface area contributed by atoms with E-state index in [1.54, 1.807) is 6.07 Å². The van der Waals surface area contributed by atoms with Gasteiger partial charge in [0.15, 0.2) is 0 Å². The van der Waals surface area contributed by atoms with E-state index >= 15 is 0 Å². The SMILES string of the molecule is CNC[C@H](C)CNC(=O)CCc1cccc(F)c1. The first-order valence-corrected chi connectivity index (χ1v) is 6.27. The third-order valence-corrected chi connectivity index (χ3v) is 2.73. The molecule has 0 heterocycles. The monoisotopic (exact) mass is 252 g/mol. The number of halogens is 1. The van der Waals surface area contributed by atoms with Crippen molar-refractivity contribution in [1.29, 1.82) is 0 Å². The van der Waals surface area contributed by atoms with Crippen LogP contribution in [0, 0.1) is 11.7 Å². The molecule has 2 N–H and O–H groups in total. The zero-order valence-corrected chi connectivity index (χ0v) is 11.0. The van der Waals surface area contributed by atoms with E-state index in [9.17, 15) is 9.18 Å². The number of hydrogen-bond acceptors (Lipinski definition) is 2. The summed E-state index contributed by atoms with van der Waals surface area (Å²) in [6.45, 7) is 3.62. The van der Waals surface area contributed by atoms with Crippen LogP contribution in [0.3, 0.4) is 0 Å². The van der Waals surface area contributed by atoms with Crippen LogP contribution in [0.2, 0.25) is 0 Å². The Morgan fingerprint density at radius 1 is 1.39 bits per heavy atom. The van der Waals surface area contributed by atoms with Crippen molar-refractivity contribution in [1.82, 2.24) is 10.6 Å². The van der Waals surface area contributed by atoms with Gasteiger partial charge in [0.25, 0.3) is 0 Å². The Hall–Kier alpha value is -1.42. The van der Waals surface area contributed by atoms with Crippen molar-refractivity contribution < 1.29 is 9.18 Å². The van der Waals surface area contributed by atoms with Crippen molar-refractivity contribution in [3.63, 3.8) is 0 Å². The Bertz CT molecular complexity index is 382. The molecular formula is C14H21FN2O. The van der Waals surface area contributed by atoms with E-state index in [0.717, 1.165) is 12.1 Å². The number of nitrogens with one attached hydrogen (secondary N) is 2. The highest BCUT2D eigenvalue weighted by Crippen LogP contribution is 2.06. The Morgan fingerprint density at radius 2 is 2.17 bits per heavy atom. The van der Waals surface area contributed by atoms with Crippen LogP contribution in [0.4, 0.5) is 4.39 Å². The van der Waals surface area contributed by atoms with Gasteiger partial charge in [-0.15, -0.1) is 0 Å². The van der Waals surface area contributed by atoms with Gasteiger partial charge in [0.1, 0.15) is 5.82 Å². The molecular weight excluding hydrogens is 231 g/mol. The Labute approximate surface area is 108 Å². The van der Waals surface area contributed by atoms with Gasteiger partial charge in [-0.2, -0.15) is 0 Å². The fraction of sp³-hybridized carbons (Fsp3) is 0.500. The molecule has 0 aliphatic carbocycles. The number of benzene rings is 1. The normalized spacial score (nSPS) is 12.2. The minimum absolute atomic E-state index is 0.0159. The molecule has 1 atom stereocenters. The molecule has 4 heteroatoms. The second kappa shape index (κ2) is 7.82. The van der Waals surface area contributed by atoms with Gasteiger partial charge < -0.3 is 10.6 Å². The van der Waals surface area contributed by atoms with Gasteiger partial charge in [0.05, 0.1) is 0 Å². The van der Waals surface area contributed by atoms with E-state index in [-0.39, 0.29) is 11.7 Å². The Balaban J connectivity index is 2.25. The molecule has 0 spiro atoms. The van der Waals surface area contributed by atoms with Crippen LogP contribution in [0.25, 0.3) is 0 Å². The van der Waals surface area contributed by atoms with Gasteiger partial charge in [-0.3, -0.25) is 4.79 Å². The summed E-state index contributed by atoms with van der Waals surface area (Å²) >= 11 is 0. The molecule has 0 saturated heterocycles. The van der Waals surface area contributed by atoms with Gasteiger partial charge in [0.2, 0.25) is 5.91 Å². The zero-order chi connectivity index (χ0) is 13.4. The highest BCUT2D eigenvalue weighted by molar-refractivity contribution is 5.76. The van der Waals surface area contributed by atoms with Crippen molar-refractivity contribution in [2.45, 2.75) is 19.8 Å². The van der Waals surface area contributed by atoms with Crippen LogP contribution in [-0.2, 0) is 11.2 Å². The van der Waals surface area contributed by atoms with E-state index in [2.05, 4.69) is 17.6 Å². The third-order valence-electron chi connectivity index (χ3n) is 2.73. The Morgan fingerprint density at radius 3 is 2.83 bits per heavy atom. The fourth-order valence-electron chi connectivity index (χ4n) is 1.75. The summed E-state index contributed by atoms with van der Waals surface area (Å²) in [5, 5.41) is 5.94. The van der Waals surface area contributed by atoms with E-state index < -0.39 is 0 Å². The van der Waals surface area contributed by atoms with E-state index in [0.29, 0.717) is 25.3 Å². The highest BCUT2D eigenvalue weighted by atomic mass is 19.1. The second-order valence-corrected chi connectivity index (χ2v) is 4.60. The number of carbonyl (C=O) groups is 1. The fourth-order valence-corrected chi connectivity index (χ4v) is 1.75. The zero-order valence-electron chi connectivity index (χ0n) is 11.0. The molecule has 100 valence electrons. The molecule has 0 aromatic heterocycles. The van der Waals surface area contributed by atoms with Gasteiger partial charge in [0, 0.05) is 13.0 Å². The smallest absolute Gasteiger partial charge is 0.220 e. The predicted octanol–water partition coefficient (Wildman–Crippen LogP) is 1.73. The number of rotatable bonds is 7. The molecule has 18 heavy (non-hydrogen) atoms. The lowest BCUT2D eigenvalue weighted by atomic mass is 10.1. The lowest BCUT2D eigenvalue weighted by Gasteiger charge is -2.11. The Kier molecular flexibility index (Phi) is 6.36. The van der Waals surface area contributed by atoms with Crippen LogP contribution < -0.4 is 10.6 Å². The molecule has 0 bridgehead atoms. The summed E-state index contributed by atoms with van der Waals surface area (Å²) in [6, 6.07) is 6.37. The average molecular weight is 252 g/mol. The summed E-state index contributed by atoms with van der Waals surface area (Å²) < 4.78 is 12.9. The molecule has 0 aliphatic heterocycles. The van der Waals surface area contributed by atoms with Crippen molar-refractivity contribution in [3.05, 3.63) is 35.6 Å². The lowest BCUT2D eigenvalue weighted by Crippen LogP contribution is -2.32. The van der Waals surface area contributed by atoms with Crippen molar-refractivity contribution in [3.8, 4) is 0 Å². The summed E-state index contributed by atoms with van der Waals surface area (Å²) in [5.74, 6) is 0.172. The summed E-state index contributed by atoms with van der Waals surface area (Å²) in [5.41, 5.74) is 0.855. The maximum absolute atomic E-state index is 12.9. The minimum Gasteiger partial charge on any atom is -0.356 e. The molecule has 0 fully saturated rings. The van der Waals surface area contributed by atoms with Gasteiger partial charge in [-0.1, -0.05) is 19.1 Å². The first-order chi connectivity index (χ1) is 8.61. The number of aryl methyl sites for hydroxylation is 1. The number of amides is 1. The summed E-state index contributed by atoms with van der Waals surface area (Å²) in [7, 11) is 1.89. The third kappa shape index (κ3) is 5.77. The van der Waals surface area contributed by atoms with Gasteiger partial charge in [-0.25, -0.2) is 4.39 Å². The molecule has 0 saturated carbocycles. The van der Waals surface area contributed by atoms with Crippen molar-refractivity contribution in [2.75, 3.05) is 20.1 Å². The average Bonchev–Trinajstić information content (AvgIpc) is 2.34. The second-order valence-electron chi connectivity index (χ2n) is 4.60. The van der Waals surface area contributed by atoms with Crippen molar-refractivity contribution >= 4 is 5.91 Å². The molecule has 1 aromatic rings. The van der Waals surface area contributed by atoms with E-state index in [1.807, 2.05) is 13.1 Å². The molecule has 0 unspecified atom stereocenters. The first kappa shape index (κ1) is 14.6. The molecule has 1 amide bonds. The van der Waals surface area contributed by atoms with Crippen LogP contribution in [0.1, 0.15) is 18.9 Å². The van der Waals surface area contributed by atoms with Crippen molar-refractivity contribution in [2.24, 2.45) is 5.92 Å². The van der Waals surface area contributed by atoms with Gasteiger partial charge >= 0.3 is 0 Å². The predicted molar refractivity (Wildman–Crippen MR) is 70.8 cm³/mol. The van der Waals surface area contributed by atoms with Crippen LogP contribution in [0.15, 0.2) is 24.3 Å². The first-order valence-electron chi connectivity index (χ1n) is 6.27. The molecule has 3 nitrogen and oxygen atoms in total. The summed E-state index contributed by atoms with van der Waals surface area (Å²) in [6.07, 6.45) is 0.972. The van der Waals surface area contributed by atoms with Crippen LogP contribution in [-0.4, -0.2) is 26.0 Å². The largest absolute Gasteiger partial charge is 0.356 e. The quantitative estimate of drug-likeness (QED) is 0.776. The maximum Gasteiger partial charge on any atom is 0.220 e. The van der Waals surface area contributed by atoms with Crippen LogP contribution >= 0.6 is 0 Å². The maximum atomic E-state index is 12.9. The lowest BCUT2D eigenvalue weighted by molar-refractivity contribution is -0.121. The number of hydrogen-bond donors (Lipinski definition) is 2. The molecule has 0 aliphatic rings. The van der Waals surface area contributed by atoms with Gasteiger partial charge in [-0.05, 0) is 43.6 Å². The standard InChI is InChI=1S/C14H21FN2O/c1-11(9-16-2)10-17-14(18)7-6-12-4-3-5-13(15)8-12/h3-5,8,11,16H,6-7,9-10H2,1-2H3,(H,17,18)/t11-/m0/s1. The molecule has 0 radical (unpaired) electrons. The number of carbonyl (C=O) groups excluding carboxylic acids is 1. The van der Waals surface area contributed by atoms with E-state index in [1.165, 1.54) is 12.1 Å². The summed E-state index contributed by atoms with van der Waals surface area (Å²) in [4.78, 5) is 11.6. The minimum atomic E-state index is -0.254. The molecule has 1 rings (SSSR count). The highest BCUT2D eigenvalue weighted by Gasteiger charge is 2.05. The van der Waals surface area contributed by atoms with Crippen LogP contribution in [0.5, 0.6) is 0 Å². The molecule has 1 aromatic carbocycles. The van der Waals surface area contributed by atoms with E-state index in [4.69, 9.17) is 0 Å². The topological polar surface area (TPSA) is 41.1 Å².